The first-order valence-electron chi connectivity index (χ1n) is 21.5. The van der Waals surface area contributed by atoms with Gasteiger partial charge in [-0.3, -0.25) is 0 Å². The van der Waals surface area contributed by atoms with Gasteiger partial charge >= 0.3 is 0 Å². The Bertz CT molecular complexity index is 3000. The Morgan fingerprint density at radius 2 is 0.660 bits per heavy atom. The highest BCUT2D eigenvalue weighted by molar-refractivity contribution is 5.89. The summed E-state index contributed by atoms with van der Waals surface area (Å²) in [6, 6.07) is 52.7. The largest absolute Gasteiger partial charge is 0.310 e. The zero-order valence-corrected chi connectivity index (χ0v) is 28.7. The lowest BCUT2D eigenvalue weighted by Crippen LogP contribution is -2.10. The molecule has 0 spiro atoms. The predicted molar refractivity (Wildman–Crippen MR) is 226 cm³/mol. The van der Waals surface area contributed by atoms with Crippen LogP contribution in [0.2, 0.25) is 0 Å². The lowest BCUT2D eigenvalue weighted by molar-refractivity contribution is 1.28. The number of anilines is 3. The van der Waals surface area contributed by atoms with Gasteiger partial charge in [-0.1, -0.05) is 164 Å². The molecule has 1 nitrogen and oxygen atoms in total. The first-order chi connectivity index (χ1) is 29.6. The molecule has 250 valence electrons. The molecule has 0 radical (unpaired) electrons. The molecule has 1 heteroatoms. The Morgan fingerprint density at radius 1 is 0.245 bits per heavy atom. The van der Waals surface area contributed by atoms with Gasteiger partial charge in [0.1, 0.15) is 0 Å². The van der Waals surface area contributed by atoms with E-state index in [1.165, 1.54) is 4.90 Å². The van der Waals surface area contributed by atoms with E-state index >= 15 is 0 Å². The fourth-order valence-electron chi connectivity index (χ4n) is 6.66. The van der Waals surface area contributed by atoms with E-state index in [0.717, 1.165) is 44.2 Å². The normalized spacial score (nSPS) is 13.1. The number of hydrogen-bond acceptors (Lipinski definition) is 1. The molecule has 53 heavy (non-hydrogen) atoms. The summed E-state index contributed by atoms with van der Waals surface area (Å²) in [5.74, 6) is 0. The van der Waals surface area contributed by atoms with Crippen LogP contribution in [0.15, 0.2) is 224 Å². The SMILES string of the molecule is [2H]c1c([2H])c(N(c2cccc(-c3ccc4ccccc4c3)c2)c2c([2H])c([2H])c(-c3cc(-c4ccccc4)cc(-c4ccccc4)c3)c([2H])c2[2H])c([2H])c([2H])c1-c1ccccc1. The highest BCUT2D eigenvalue weighted by Crippen LogP contribution is 2.40. The molecule has 0 atom stereocenters. The summed E-state index contributed by atoms with van der Waals surface area (Å²) in [6.07, 6.45) is 0. The van der Waals surface area contributed by atoms with Gasteiger partial charge in [0.25, 0.3) is 0 Å². The van der Waals surface area contributed by atoms with Crippen molar-refractivity contribution in [2.75, 3.05) is 4.90 Å². The van der Waals surface area contributed by atoms with Crippen molar-refractivity contribution in [3.05, 3.63) is 224 Å². The van der Waals surface area contributed by atoms with Gasteiger partial charge < -0.3 is 4.90 Å². The van der Waals surface area contributed by atoms with Crippen LogP contribution in [0.5, 0.6) is 0 Å². The predicted octanol–water partition coefficient (Wildman–Crippen LogP) is 14.6. The van der Waals surface area contributed by atoms with Gasteiger partial charge in [-0.2, -0.15) is 0 Å². The number of rotatable bonds is 8. The number of benzene rings is 9. The van der Waals surface area contributed by atoms with Crippen LogP contribution in [0.25, 0.3) is 66.4 Å². The van der Waals surface area contributed by atoms with E-state index in [1.54, 1.807) is 36.4 Å². The van der Waals surface area contributed by atoms with Crippen molar-refractivity contribution >= 4 is 27.8 Å². The van der Waals surface area contributed by atoms with Gasteiger partial charge in [0.05, 0.1) is 11.0 Å². The monoisotopic (exact) mass is 683 g/mol. The molecule has 0 aliphatic heterocycles. The standard InChI is InChI=1S/C52H37N/c1-4-13-38(14-5-1)42-25-29-50(30-26-42)53(52-22-12-21-45(37-52)46-24-23-41-19-10-11-20-44(41)33-46)51-31-27-43(28-32-51)49-35-47(39-15-6-2-7-16-39)34-48(36-49)40-17-8-3-9-18-40/h1-37H/i25D,26D,27D,28D,29D,30D,31D,32D. The molecule has 0 aliphatic rings. The molecule has 0 bridgehead atoms. The highest BCUT2D eigenvalue weighted by Gasteiger charge is 2.15. The summed E-state index contributed by atoms with van der Waals surface area (Å²) < 4.78 is 75.8. The van der Waals surface area contributed by atoms with Crippen molar-refractivity contribution in [1.82, 2.24) is 0 Å². The van der Waals surface area contributed by atoms with Crippen molar-refractivity contribution in [3.8, 4) is 55.6 Å². The molecule has 9 aromatic carbocycles. The fourth-order valence-corrected chi connectivity index (χ4v) is 6.66. The Kier molecular flexibility index (Phi) is 6.57. The van der Waals surface area contributed by atoms with Crippen LogP contribution in [-0.4, -0.2) is 0 Å². The average molecular weight is 684 g/mol. The Hall–Kier alpha value is -6.96. The van der Waals surface area contributed by atoms with E-state index in [9.17, 15) is 11.0 Å². The molecule has 0 saturated carbocycles. The second kappa shape index (κ2) is 14.3. The van der Waals surface area contributed by atoms with Crippen LogP contribution < -0.4 is 4.90 Å². The van der Waals surface area contributed by atoms with Gasteiger partial charge in [-0.25, -0.2) is 0 Å². The van der Waals surface area contributed by atoms with Crippen molar-refractivity contribution in [1.29, 1.82) is 0 Å². The van der Waals surface area contributed by atoms with Gasteiger partial charge in [0.15, 0.2) is 0 Å². The van der Waals surface area contributed by atoms with Crippen molar-refractivity contribution in [2.45, 2.75) is 0 Å². The first kappa shape index (κ1) is 24.3. The molecular weight excluding hydrogens is 639 g/mol. The second-order valence-electron chi connectivity index (χ2n) is 12.8. The molecule has 9 aromatic rings. The van der Waals surface area contributed by atoms with Crippen LogP contribution in [0.3, 0.4) is 0 Å². The van der Waals surface area contributed by atoms with Crippen LogP contribution >= 0.6 is 0 Å². The maximum Gasteiger partial charge on any atom is 0.0645 e. The third-order valence-corrected chi connectivity index (χ3v) is 9.36. The quantitative estimate of drug-likeness (QED) is 0.154. The summed E-state index contributed by atoms with van der Waals surface area (Å²) in [7, 11) is 0. The minimum atomic E-state index is -0.400. The zero-order valence-electron chi connectivity index (χ0n) is 36.7. The summed E-state index contributed by atoms with van der Waals surface area (Å²) >= 11 is 0. The molecule has 0 amide bonds. The van der Waals surface area contributed by atoms with E-state index in [1.807, 2.05) is 133 Å². The van der Waals surface area contributed by atoms with E-state index in [0.29, 0.717) is 16.8 Å². The third-order valence-electron chi connectivity index (χ3n) is 9.36. The maximum absolute atomic E-state index is 9.67. The van der Waals surface area contributed by atoms with Crippen molar-refractivity contribution in [2.24, 2.45) is 0 Å². The molecule has 9 rings (SSSR count). The van der Waals surface area contributed by atoms with Crippen molar-refractivity contribution < 1.29 is 11.0 Å². The minimum Gasteiger partial charge on any atom is -0.310 e. The third kappa shape index (κ3) is 6.77. The molecule has 0 N–H and O–H groups in total. The van der Waals surface area contributed by atoms with Gasteiger partial charge in [-0.15, -0.1) is 0 Å². The zero-order chi connectivity index (χ0) is 42.4. The summed E-state index contributed by atoms with van der Waals surface area (Å²) in [5, 5.41) is 2.10. The van der Waals surface area contributed by atoms with Crippen LogP contribution in [0.1, 0.15) is 11.0 Å². The fraction of sp³-hybridized carbons (Fsp3) is 0. The van der Waals surface area contributed by atoms with E-state index in [-0.39, 0.29) is 58.8 Å². The van der Waals surface area contributed by atoms with Gasteiger partial charge in [-0.05, 0) is 127 Å². The smallest absolute Gasteiger partial charge is 0.0645 e. The van der Waals surface area contributed by atoms with Crippen LogP contribution in [-0.2, 0) is 0 Å². The first-order valence-corrected chi connectivity index (χ1v) is 17.5. The second-order valence-corrected chi connectivity index (χ2v) is 12.8. The average Bonchev–Trinajstić information content (AvgIpc) is 3.30. The number of hydrogen-bond donors (Lipinski definition) is 0. The lowest BCUT2D eigenvalue weighted by Gasteiger charge is -2.26. The molecule has 0 saturated heterocycles. The van der Waals surface area contributed by atoms with Gasteiger partial charge in [0, 0.05) is 17.1 Å². The molecule has 0 heterocycles. The van der Waals surface area contributed by atoms with E-state index in [2.05, 4.69) is 6.07 Å². The van der Waals surface area contributed by atoms with Crippen LogP contribution in [0.4, 0.5) is 17.1 Å². The number of nitrogens with zero attached hydrogens (tertiary/aromatic N) is 1. The minimum absolute atomic E-state index is 0.0950. The highest BCUT2D eigenvalue weighted by atomic mass is 15.1. The topological polar surface area (TPSA) is 3.24 Å². The van der Waals surface area contributed by atoms with E-state index in [4.69, 9.17) is 0 Å². The van der Waals surface area contributed by atoms with E-state index < -0.39 is 12.1 Å². The maximum atomic E-state index is 9.67. The summed E-state index contributed by atoms with van der Waals surface area (Å²) in [6.45, 7) is 0. The van der Waals surface area contributed by atoms with Gasteiger partial charge in [0.2, 0.25) is 0 Å². The summed E-state index contributed by atoms with van der Waals surface area (Å²) in [4.78, 5) is 1.36. The molecule has 0 unspecified atom stereocenters. The summed E-state index contributed by atoms with van der Waals surface area (Å²) in [5.41, 5.74) is 6.32. The number of fused-ring (bicyclic) bond motifs is 1. The Morgan fingerprint density at radius 3 is 1.21 bits per heavy atom. The Labute approximate surface area is 323 Å². The van der Waals surface area contributed by atoms with Crippen molar-refractivity contribution in [3.63, 3.8) is 0 Å². The molecular formula is C52H37N. The Balaban J connectivity index is 1.29. The molecule has 0 aliphatic carbocycles. The van der Waals surface area contributed by atoms with Crippen LogP contribution in [0, 0.1) is 0 Å². The molecule has 0 fully saturated rings. The molecule has 0 aromatic heterocycles. The lowest BCUT2D eigenvalue weighted by atomic mass is 9.93.